The molecule has 0 aromatic carbocycles. The average molecular weight is 174 g/mol. The number of primary amides is 1. The maximum Gasteiger partial charge on any atom is 0.404 e. The Balaban J connectivity index is 3.85. The van der Waals surface area contributed by atoms with Gasteiger partial charge in [0.1, 0.15) is 6.61 Å². The Hall–Kier alpha value is -1.72. The summed E-state index contributed by atoms with van der Waals surface area (Å²) in [7, 11) is 1.21. The molecule has 0 aliphatic heterocycles. The van der Waals surface area contributed by atoms with E-state index in [1.807, 2.05) is 0 Å². The molecule has 6 heteroatoms. The summed E-state index contributed by atoms with van der Waals surface area (Å²) in [6.45, 7) is -0.218. The summed E-state index contributed by atoms with van der Waals surface area (Å²) in [4.78, 5) is 20.6. The first kappa shape index (κ1) is 10.3. The van der Waals surface area contributed by atoms with E-state index in [4.69, 9.17) is 5.73 Å². The normalized spacial score (nSPS) is 10.6. The van der Waals surface area contributed by atoms with E-state index in [2.05, 4.69) is 15.2 Å². The second-order valence-corrected chi connectivity index (χ2v) is 1.85. The highest BCUT2D eigenvalue weighted by Gasteiger charge is 1.99. The van der Waals surface area contributed by atoms with Gasteiger partial charge in [0.25, 0.3) is 0 Å². The summed E-state index contributed by atoms with van der Waals surface area (Å²) in [5.74, 6) is -0.611. The highest BCUT2D eigenvalue weighted by atomic mass is 16.5. The lowest BCUT2D eigenvalue weighted by Gasteiger charge is -2.00. The van der Waals surface area contributed by atoms with Crippen LogP contribution < -0.4 is 11.5 Å². The Bertz CT molecular complexity index is 212. The van der Waals surface area contributed by atoms with Crippen LogP contribution in [0.2, 0.25) is 0 Å². The van der Waals surface area contributed by atoms with Gasteiger partial charge in [0, 0.05) is 6.08 Å². The van der Waals surface area contributed by atoms with Crippen molar-refractivity contribution in [3.8, 4) is 0 Å². The van der Waals surface area contributed by atoms with Crippen molar-refractivity contribution in [1.29, 1.82) is 0 Å². The van der Waals surface area contributed by atoms with Crippen LogP contribution in [-0.2, 0) is 14.3 Å². The Labute approximate surface area is 69.1 Å². The molecule has 12 heavy (non-hydrogen) atoms. The van der Waals surface area contributed by atoms with Crippen molar-refractivity contribution in [2.75, 3.05) is 13.7 Å². The van der Waals surface area contributed by atoms with E-state index in [-0.39, 0.29) is 12.3 Å². The number of carbonyl (C=O) groups is 2. The molecule has 0 bridgehead atoms. The first-order valence-corrected chi connectivity index (χ1v) is 3.02. The first-order chi connectivity index (χ1) is 5.56. The molecule has 0 spiro atoms. The molecule has 6 nitrogen and oxygen atoms in total. The van der Waals surface area contributed by atoms with E-state index in [1.165, 1.54) is 7.11 Å². The van der Waals surface area contributed by atoms with Gasteiger partial charge >= 0.3 is 12.1 Å². The molecule has 0 saturated heterocycles. The standard InChI is InChI=1S/C6H10N2O4/c1-11-5(9)2-4(7)3-12-6(8)10/h2H,3,7H2,1H3,(H2,8,10)/b4-2-. The monoisotopic (exact) mass is 174 g/mol. The van der Waals surface area contributed by atoms with Crippen molar-refractivity contribution in [3.05, 3.63) is 11.8 Å². The molecule has 0 aliphatic rings. The number of hydrogen-bond acceptors (Lipinski definition) is 5. The quantitative estimate of drug-likeness (QED) is 0.426. The molecule has 0 aliphatic carbocycles. The van der Waals surface area contributed by atoms with Crippen LogP contribution in [0.5, 0.6) is 0 Å². The van der Waals surface area contributed by atoms with Crippen molar-refractivity contribution in [2.45, 2.75) is 0 Å². The van der Waals surface area contributed by atoms with E-state index in [1.54, 1.807) is 0 Å². The number of hydrogen-bond donors (Lipinski definition) is 2. The smallest absolute Gasteiger partial charge is 0.404 e. The predicted molar refractivity (Wildman–Crippen MR) is 39.8 cm³/mol. The Morgan fingerprint density at radius 2 is 2.00 bits per heavy atom. The van der Waals surface area contributed by atoms with Gasteiger partial charge in [-0.1, -0.05) is 0 Å². The van der Waals surface area contributed by atoms with E-state index < -0.39 is 12.1 Å². The maximum atomic E-state index is 10.5. The first-order valence-electron chi connectivity index (χ1n) is 3.02. The summed E-state index contributed by atoms with van der Waals surface area (Å²) in [5, 5.41) is 0. The molecule has 0 radical (unpaired) electrons. The second-order valence-electron chi connectivity index (χ2n) is 1.85. The molecule has 0 aromatic heterocycles. The van der Waals surface area contributed by atoms with Crippen LogP contribution in [0.15, 0.2) is 11.8 Å². The molecule has 0 fully saturated rings. The zero-order chi connectivity index (χ0) is 9.56. The Morgan fingerprint density at radius 3 is 2.42 bits per heavy atom. The fourth-order valence-electron chi connectivity index (χ4n) is 0.406. The molecule has 0 saturated carbocycles. The third-order valence-corrected chi connectivity index (χ3v) is 0.886. The van der Waals surface area contributed by atoms with Crippen LogP contribution in [-0.4, -0.2) is 25.8 Å². The summed E-state index contributed by atoms with van der Waals surface area (Å²) < 4.78 is 8.55. The van der Waals surface area contributed by atoms with Gasteiger partial charge in [0.15, 0.2) is 0 Å². The van der Waals surface area contributed by atoms with Crippen molar-refractivity contribution in [1.82, 2.24) is 0 Å². The lowest BCUT2D eigenvalue weighted by atomic mass is 10.4. The van der Waals surface area contributed by atoms with Gasteiger partial charge in [-0.3, -0.25) is 0 Å². The topological polar surface area (TPSA) is 105 Å². The minimum absolute atomic E-state index is 0.0700. The van der Waals surface area contributed by atoms with Gasteiger partial charge in [-0.25, -0.2) is 9.59 Å². The largest absolute Gasteiger partial charge is 0.466 e. The lowest BCUT2D eigenvalue weighted by molar-refractivity contribution is -0.134. The highest BCUT2D eigenvalue weighted by Crippen LogP contribution is 1.87. The molecular weight excluding hydrogens is 164 g/mol. The van der Waals surface area contributed by atoms with Crippen molar-refractivity contribution >= 4 is 12.1 Å². The second kappa shape index (κ2) is 5.00. The summed E-state index contributed by atoms with van der Waals surface area (Å²) in [5.41, 5.74) is 9.94. The number of methoxy groups -OCH3 is 1. The van der Waals surface area contributed by atoms with E-state index in [0.29, 0.717) is 0 Å². The highest BCUT2D eigenvalue weighted by molar-refractivity contribution is 5.82. The average Bonchev–Trinajstić information content (AvgIpc) is 2.00. The Morgan fingerprint density at radius 1 is 1.42 bits per heavy atom. The van der Waals surface area contributed by atoms with Crippen molar-refractivity contribution in [3.63, 3.8) is 0 Å². The number of esters is 1. The van der Waals surface area contributed by atoms with Gasteiger partial charge in [-0.15, -0.1) is 0 Å². The van der Waals surface area contributed by atoms with Crippen LogP contribution in [0.1, 0.15) is 0 Å². The van der Waals surface area contributed by atoms with Crippen LogP contribution in [0.4, 0.5) is 4.79 Å². The fraction of sp³-hybridized carbons (Fsp3) is 0.333. The molecule has 4 N–H and O–H groups in total. The van der Waals surface area contributed by atoms with Crippen LogP contribution in [0, 0.1) is 0 Å². The van der Waals surface area contributed by atoms with Gasteiger partial charge in [-0.05, 0) is 0 Å². The minimum Gasteiger partial charge on any atom is -0.466 e. The van der Waals surface area contributed by atoms with Gasteiger partial charge in [-0.2, -0.15) is 0 Å². The molecule has 0 heterocycles. The molecule has 0 atom stereocenters. The van der Waals surface area contributed by atoms with E-state index in [9.17, 15) is 9.59 Å². The minimum atomic E-state index is -0.948. The number of nitrogens with two attached hydrogens (primary N) is 2. The molecule has 0 unspecified atom stereocenters. The summed E-state index contributed by atoms with van der Waals surface area (Å²) in [6.07, 6.45) is 0.0550. The van der Waals surface area contributed by atoms with Gasteiger partial charge < -0.3 is 20.9 Å². The number of amides is 1. The maximum absolute atomic E-state index is 10.5. The zero-order valence-electron chi connectivity index (χ0n) is 6.57. The summed E-state index contributed by atoms with van der Waals surface area (Å²) in [6, 6.07) is 0. The van der Waals surface area contributed by atoms with Crippen molar-refractivity contribution in [2.24, 2.45) is 11.5 Å². The molecule has 0 rings (SSSR count). The van der Waals surface area contributed by atoms with E-state index in [0.717, 1.165) is 6.08 Å². The third-order valence-electron chi connectivity index (χ3n) is 0.886. The van der Waals surface area contributed by atoms with Gasteiger partial charge in [0.2, 0.25) is 0 Å². The zero-order valence-corrected chi connectivity index (χ0v) is 6.57. The molecule has 0 aromatic rings. The predicted octanol–water partition coefficient (Wildman–Crippen LogP) is -0.903. The van der Waals surface area contributed by atoms with Crippen LogP contribution in [0.25, 0.3) is 0 Å². The number of ether oxygens (including phenoxy) is 2. The van der Waals surface area contributed by atoms with Crippen LogP contribution >= 0.6 is 0 Å². The molecule has 68 valence electrons. The molecule has 1 amide bonds. The summed E-state index contributed by atoms with van der Waals surface area (Å²) >= 11 is 0. The lowest BCUT2D eigenvalue weighted by Crippen LogP contribution is -2.18. The van der Waals surface area contributed by atoms with Crippen LogP contribution in [0.3, 0.4) is 0 Å². The SMILES string of the molecule is COC(=O)/C=C(\N)COC(N)=O. The fourth-order valence-corrected chi connectivity index (χ4v) is 0.406. The number of rotatable bonds is 3. The van der Waals surface area contributed by atoms with Crippen molar-refractivity contribution < 1.29 is 19.1 Å². The number of carbonyl (C=O) groups excluding carboxylic acids is 2. The van der Waals surface area contributed by atoms with E-state index >= 15 is 0 Å². The van der Waals surface area contributed by atoms with Gasteiger partial charge in [0.05, 0.1) is 12.8 Å². The Kier molecular flexibility index (Phi) is 4.28. The third kappa shape index (κ3) is 5.10. The molecular formula is C6H10N2O4.